The quantitative estimate of drug-likeness (QED) is 0.443. The lowest BCUT2D eigenvalue weighted by molar-refractivity contribution is 0.440. The SMILES string of the molecule is Cc1ccc(S(=O)(=O)Oc2c(Cl)ccc(Cl)c2/C=N\N(C)C)cc1. The molecule has 128 valence electrons. The van der Waals surface area contributed by atoms with Crippen LogP contribution in [0.15, 0.2) is 46.4 Å². The van der Waals surface area contributed by atoms with E-state index in [2.05, 4.69) is 5.10 Å². The molecule has 0 saturated carbocycles. The molecule has 0 bridgehead atoms. The molecule has 0 radical (unpaired) electrons. The van der Waals surface area contributed by atoms with Gasteiger partial charge in [-0.05, 0) is 31.2 Å². The maximum Gasteiger partial charge on any atom is 0.339 e. The molecule has 0 aliphatic heterocycles. The maximum absolute atomic E-state index is 12.5. The van der Waals surface area contributed by atoms with E-state index in [9.17, 15) is 8.42 Å². The van der Waals surface area contributed by atoms with Crippen LogP contribution in [0.25, 0.3) is 0 Å². The fourth-order valence-electron chi connectivity index (χ4n) is 1.79. The highest BCUT2D eigenvalue weighted by molar-refractivity contribution is 7.87. The summed E-state index contributed by atoms with van der Waals surface area (Å²) < 4.78 is 30.2. The molecule has 0 aromatic heterocycles. The van der Waals surface area contributed by atoms with Gasteiger partial charge in [0.05, 0.1) is 21.8 Å². The zero-order chi connectivity index (χ0) is 17.9. The number of benzene rings is 2. The predicted molar refractivity (Wildman–Crippen MR) is 96.7 cm³/mol. The molecule has 0 aliphatic rings. The van der Waals surface area contributed by atoms with Gasteiger partial charge in [-0.1, -0.05) is 40.9 Å². The highest BCUT2D eigenvalue weighted by Crippen LogP contribution is 2.35. The first-order valence-electron chi connectivity index (χ1n) is 6.91. The van der Waals surface area contributed by atoms with E-state index >= 15 is 0 Å². The van der Waals surface area contributed by atoms with Gasteiger partial charge in [0, 0.05) is 14.1 Å². The second-order valence-corrected chi connectivity index (χ2v) is 7.58. The van der Waals surface area contributed by atoms with Crippen molar-refractivity contribution in [2.24, 2.45) is 5.10 Å². The monoisotopic (exact) mass is 386 g/mol. The van der Waals surface area contributed by atoms with E-state index in [4.69, 9.17) is 27.4 Å². The van der Waals surface area contributed by atoms with Crippen LogP contribution >= 0.6 is 23.2 Å². The van der Waals surface area contributed by atoms with E-state index in [-0.39, 0.29) is 26.3 Å². The lowest BCUT2D eigenvalue weighted by atomic mass is 10.2. The van der Waals surface area contributed by atoms with Crippen LogP contribution in [-0.4, -0.2) is 33.7 Å². The number of hydrogen-bond acceptors (Lipinski definition) is 5. The molecule has 0 N–H and O–H groups in total. The Morgan fingerprint density at radius 2 is 1.62 bits per heavy atom. The highest BCUT2D eigenvalue weighted by atomic mass is 35.5. The Balaban J connectivity index is 2.48. The third kappa shape index (κ3) is 4.41. The smallest absolute Gasteiger partial charge is 0.339 e. The molecular formula is C16H16Cl2N2O3S. The van der Waals surface area contributed by atoms with Crippen LogP contribution < -0.4 is 4.18 Å². The number of hydrazone groups is 1. The van der Waals surface area contributed by atoms with Gasteiger partial charge in [0.2, 0.25) is 0 Å². The van der Waals surface area contributed by atoms with Crippen LogP contribution in [0.5, 0.6) is 5.75 Å². The minimum atomic E-state index is -4.05. The fraction of sp³-hybridized carbons (Fsp3) is 0.188. The molecule has 8 heteroatoms. The number of hydrogen-bond donors (Lipinski definition) is 0. The van der Waals surface area contributed by atoms with E-state index in [0.717, 1.165) is 5.56 Å². The third-order valence-electron chi connectivity index (χ3n) is 3.02. The molecule has 2 rings (SSSR count). The van der Waals surface area contributed by atoms with Gasteiger partial charge in [-0.15, -0.1) is 0 Å². The van der Waals surface area contributed by atoms with Crippen molar-refractivity contribution >= 4 is 39.5 Å². The average Bonchev–Trinajstić information content (AvgIpc) is 2.50. The van der Waals surface area contributed by atoms with Gasteiger partial charge >= 0.3 is 10.1 Å². The fourth-order valence-corrected chi connectivity index (χ4v) is 3.20. The van der Waals surface area contributed by atoms with E-state index < -0.39 is 10.1 Å². The summed E-state index contributed by atoms with van der Waals surface area (Å²) in [7, 11) is -0.607. The number of aryl methyl sites for hydroxylation is 1. The van der Waals surface area contributed by atoms with Gasteiger partial charge in [0.15, 0.2) is 5.75 Å². The third-order valence-corrected chi connectivity index (χ3v) is 4.88. The van der Waals surface area contributed by atoms with Crippen molar-refractivity contribution in [2.75, 3.05) is 14.1 Å². The number of nitrogens with zero attached hydrogens (tertiary/aromatic N) is 2. The van der Waals surface area contributed by atoms with E-state index in [1.54, 1.807) is 32.3 Å². The second-order valence-electron chi connectivity index (χ2n) is 5.21. The Morgan fingerprint density at radius 1 is 1.04 bits per heavy atom. The molecule has 5 nitrogen and oxygen atoms in total. The first-order chi connectivity index (χ1) is 11.2. The van der Waals surface area contributed by atoms with Gasteiger partial charge in [-0.3, -0.25) is 0 Å². The number of rotatable bonds is 5. The summed E-state index contributed by atoms with van der Waals surface area (Å²) in [6.07, 6.45) is 1.40. The topological polar surface area (TPSA) is 59.0 Å². The summed E-state index contributed by atoms with van der Waals surface area (Å²) in [6.45, 7) is 1.86. The molecule has 0 amide bonds. The summed E-state index contributed by atoms with van der Waals surface area (Å²) in [5.74, 6) is -0.0599. The van der Waals surface area contributed by atoms with Gasteiger partial charge in [0.1, 0.15) is 4.90 Å². The number of halogens is 2. The Labute approximate surface area is 151 Å². The zero-order valence-corrected chi connectivity index (χ0v) is 15.7. The maximum atomic E-state index is 12.5. The molecule has 2 aromatic rings. The summed E-state index contributed by atoms with van der Waals surface area (Å²) in [4.78, 5) is 0.0274. The normalized spacial score (nSPS) is 11.7. The Morgan fingerprint density at radius 3 is 2.21 bits per heavy atom. The lowest BCUT2D eigenvalue weighted by Gasteiger charge is -2.13. The van der Waals surface area contributed by atoms with E-state index in [0.29, 0.717) is 0 Å². The zero-order valence-electron chi connectivity index (χ0n) is 13.3. The summed E-state index contributed by atoms with van der Waals surface area (Å²) in [5.41, 5.74) is 1.22. The minimum Gasteiger partial charge on any atom is -0.377 e. The van der Waals surface area contributed by atoms with Crippen molar-refractivity contribution in [3.63, 3.8) is 0 Å². The van der Waals surface area contributed by atoms with Gasteiger partial charge in [-0.2, -0.15) is 13.5 Å². The van der Waals surface area contributed by atoms with Crippen LogP contribution in [0.2, 0.25) is 10.0 Å². The standard InChI is InChI=1S/C16H16Cl2N2O3S/c1-11-4-6-12(7-5-11)24(21,22)23-16-13(10-19-20(2)3)14(17)8-9-15(16)18/h4-10H,1-3H3/b19-10-. The van der Waals surface area contributed by atoms with Crippen molar-refractivity contribution in [1.82, 2.24) is 5.01 Å². The largest absolute Gasteiger partial charge is 0.377 e. The summed E-state index contributed by atoms with van der Waals surface area (Å²) >= 11 is 12.2. The van der Waals surface area contributed by atoms with E-state index in [1.807, 2.05) is 6.92 Å². The van der Waals surface area contributed by atoms with Crippen molar-refractivity contribution < 1.29 is 12.6 Å². The average molecular weight is 387 g/mol. The van der Waals surface area contributed by atoms with Crippen LogP contribution in [0.3, 0.4) is 0 Å². The van der Waals surface area contributed by atoms with Crippen LogP contribution in [-0.2, 0) is 10.1 Å². The van der Waals surface area contributed by atoms with Crippen molar-refractivity contribution in [3.8, 4) is 5.75 Å². The van der Waals surface area contributed by atoms with Crippen LogP contribution in [0, 0.1) is 6.92 Å². The molecule has 24 heavy (non-hydrogen) atoms. The van der Waals surface area contributed by atoms with Crippen LogP contribution in [0.1, 0.15) is 11.1 Å². The summed E-state index contributed by atoms with van der Waals surface area (Å²) in [6, 6.07) is 9.32. The Bertz CT molecular complexity index is 864. The summed E-state index contributed by atoms with van der Waals surface area (Å²) in [5, 5.41) is 6.00. The molecule has 0 fully saturated rings. The lowest BCUT2D eigenvalue weighted by Crippen LogP contribution is -2.12. The molecule has 0 saturated heterocycles. The molecule has 0 unspecified atom stereocenters. The predicted octanol–water partition coefficient (Wildman–Crippen LogP) is 3.97. The van der Waals surface area contributed by atoms with Crippen molar-refractivity contribution in [3.05, 3.63) is 57.6 Å². The van der Waals surface area contributed by atoms with Gasteiger partial charge < -0.3 is 9.19 Å². The van der Waals surface area contributed by atoms with Crippen molar-refractivity contribution in [1.29, 1.82) is 0 Å². The molecule has 0 heterocycles. The first kappa shape index (κ1) is 18.6. The van der Waals surface area contributed by atoms with Gasteiger partial charge in [-0.25, -0.2) is 0 Å². The highest BCUT2D eigenvalue weighted by Gasteiger charge is 2.21. The first-order valence-corrected chi connectivity index (χ1v) is 9.07. The molecule has 0 atom stereocenters. The van der Waals surface area contributed by atoms with E-state index in [1.165, 1.54) is 29.4 Å². The van der Waals surface area contributed by atoms with Crippen LogP contribution in [0.4, 0.5) is 0 Å². The molecule has 2 aromatic carbocycles. The molecule has 0 aliphatic carbocycles. The molecule has 0 spiro atoms. The van der Waals surface area contributed by atoms with Crippen molar-refractivity contribution in [2.45, 2.75) is 11.8 Å². The molecular weight excluding hydrogens is 371 g/mol. The Hall–Kier alpha value is -1.76. The Kier molecular flexibility index (Phi) is 5.74. The minimum absolute atomic E-state index is 0.0274. The second kappa shape index (κ2) is 7.42. The van der Waals surface area contributed by atoms with Gasteiger partial charge in [0.25, 0.3) is 0 Å².